The van der Waals surface area contributed by atoms with E-state index >= 15 is 0 Å². The van der Waals surface area contributed by atoms with Gasteiger partial charge in [-0.2, -0.15) is 8.42 Å². The fourth-order valence-electron chi connectivity index (χ4n) is 22.2. The van der Waals surface area contributed by atoms with E-state index < -0.39 is 173 Å². The zero-order chi connectivity index (χ0) is 91.9. The summed E-state index contributed by atoms with van der Waals surface area (Å²) in [6, 6.07) is 0. The SMILES string of the molecule is C1CCOC1.CO[C@H]1C[C@H](O[C@@H]2/C(C)=C/C[C@@H]3C[C@@H](C[C@]4(C=C[C@H](C)[C@@H](C5CCCCC5)O4)O3)OC(=O)[C@@H]3C=C(C)[C@@H](O)[C@H]4OC/C(=C\C=C\[C@@H]2C)[C@]43O)O[C@@H](C)[C@@H]1O.CO[C@H]1C[C@H](O[C@H]2[C@H](C)O[C@@H](O[C@@H]3/C(C)=C/C[C@@H]4C[C@@H](C[C@]5(C=C[C@H](C)[C@@H](C6CCCCC6)O5)O4)OC(=O)[C@@H]4C=C(C)[C@@H](O)[C@H]5OC/C(=C\C=C\[C@@H]3C)[C@]54O)C[C@@H]2OC)O[C@@H](C)[C@@H]1O.O=S(=O)(O)O. The fourth-order valence-corrected chi connectivity index (χ4v) is 22.2. The third-order valence-electron chi connectivity index (χ3n) is 29.4. The Morgan fingerprint density at radius 1 is 0.453 bits per heavy atom. The number of methoxy groups -OCH3 is 3. The molecule has 8 saturated heterocycles. The molecule has 8 N–H and O–H groups in total. The Bertz CT molecular complexity index is 4120. The number of ether oxygens (including phenoxy) is 18. The number of aliphatic hydroxyl groups excluding tert-OH is 4. The average molecular weight is 1820 g/mol. The highest BCUT2D eigenvalue weighted by molar-refractivity contribution is 7.79. The van der Waals surface area contributed by atoms with Gasteiger partial charge in [0.1, 0.15) is 78.0 Å². The zero-order valence-electron chi connectivity index (χ0n) is 77.2. The van der Waals surface area contributed by atoms with Crippen LogP contribution in [0.4, 0.5) is 0 Å². The molecule has 34 atom stereocenters. The molecule has 0 unspecified atom stereocenters. The van der Waals surface area contributed by atoms with Crippen LogP contribution in [0.3, 0.4) is 0 Å². The molecule has 30 nitrogen and oxygen atoms in total. The zero-order valence-corrected chi connectivity index (χ0v) is 78.0. The van der Waals surface area contributed by atoms with Crippen molar-refractivity contribution in [3.8, 4) is 0 Å². The van der Waals surface area contributed by atoms with Crippen LogP contribution >= 0.6 is 0 Å². The van der Waals surface area contributed by atoms with Crippen LogP contribution in [-0.2, 0) is 105 Å². The van der Waals surface area contributed by atoms with Gasteiger partial charge in [-0.1, -0.05) is 139 Å². The molecule has 0 aromatic heterocycles. The number of hydrogen-bond acceptors (Lipinski definition) is 28. The Morgan fingerprint density at radius 3 is 1.22 bits per heavy atom. The number of hydrogen-bond donors (Lipinski definition) is 8. The first-order valence-electron chi connectivity index (χ1n) is 47.1. The van der Waals surface area contributed by atoms with Crippen LogP contribution < -0.4 is 0 Å². The summed E-state index contributed by atoms with van der Waals surface area (Å²) in [5.74, 6) is -4.53. The molecule has 16 rings (SSSR count). The molecular weight excluding hydrogens is 1680 g/mol. The Balaban J connectivity index is 0.000000199. The van der Waals surface area contributed by atoms with Crippen LogP contribution in [0.15, 0.2) is 119 Å². The Kier molecular flexibility index (Phi) is 34.6. The summed E-state index contributed by atoms with van der Waals surface area (Å²) in [4.78, 5) is 28.7. The van der Waals surface area contributed by atoms with E-state index in [0.717, 1.165) is 50.0 Å². The van der Waals surface area contributed by atoms with Gasteiger partial charge in [0.15, 0.2) is 30.4 Å². The maximum absolute atomic E-state index is 14.4. The predicted molar refractivity (Wildman–Crippen MR) is 468 cm³/mol. The summed E-state index contributed by atoms with van der Waals surface area (Å²) < 4.78 is 145. The molecule has 0 aromatic rings. The van der Waals surface area contributed by atoms with Crippen LogP contribution in [0.25, 0.3) is 0 Å². The standard InChI is InChI=1S/C50H74O14.C43H62O11.C4H8O.H2O4S/c1-27-13-12-16-34-26-57-47-42(51)30(4)21-37(50(34,47)54)48(53)60-36-22-35(63-49(25-36)20-19-29(3)45(64-49)33-14-10-9-11-15-33)18-17-28(2)44(27)61-41-24-39(56-8)46(32(6)59-41)62-40-23-38(55-7)43(52)31(5)58-40;1-24-11-10-14-30-23-49-40-36(44)27(4)19-33(43(30,40)47)41(46)51-32-20-31(16-15-25(2)38(24)52-35-21-34(48-6)37(45)28(5)50-35)53-42(22-32)18-17-26(3)39(54-42)29-12-8-7-9-13-29;1-2-4-5-3-1;1-5(2,3)4/h12-13,16-17,19-21,27,29,31-33,35-47,51-52,54H,9-11,14-15,18,22-26H2,1-8H3;10-11,14-15,17-19,24,26,28-29,31-40,44-45,47H,7-9,12-13,16,20-23H2,1-6H3;1-4H2;(H2,1,2,3,4)/b13-12+,28-17+,34-16+;11-10+,25-15+,30-14+;;/t27-,29-,31-,32-,35+,36-,37-,38-,39-,40-,41-,42+,43-,44-,45-,46-,47+,49+,50+;24-,26-,28-,31+,32-,33-,34-,35-,36+,37-,38-,39-,40+,42+,43+;;/m00../s1. The van der Waals surface area contributed by atoms with E-state index in [-0.39, 0.29) is 67.4 Å². The molecule has 0 amide bonds. The molecule has 12 aliphatic heterocycles. The van der Waals surface area contributed by atoms with Crippen LogP contribution in [0.1, 0.15) is 211 Å². The average Bonchev–Trinajstić information content (AvgIpc) is 1.56. The van der Waals surface area contributed by atoms with Gasteiger partial charge in [0.25, 0.3) is 0 Å². The first kappa shape index (κ1) is 101. The maximum atomic E-state index is 14.4. The van der Waals surface area contributed by atoms with Gasteiger partial charge >= 0.3 is 22.3 Å². The number of rotatable bonds is 11. The van der Waals surface area contributed by atoms with Gasteiger partial charge in [-0.3, -0.25) is 18.7 Å². The Labute approximate surface area is 756 Å². The highest BCUT2D eigenvalue weighted by atomic mass is 32.3. The van der Waals surface area contributed by atoms with E-state index in [1.807, 2.05) is 57.2 Å². The molecule has 31 heteroatoms. The molecule has 0 aromatic carbocycles. The van der Waals surface area contributed by atoms with Crippen LogP contribution in [0.2, 0.25) is 0 Å². The highest BCUT2D eigenvalue weighted by Gasteiger charge is 2.63. The first-order valence-corrected chi connectivity index (χ1v) is 48.5. The van der Waals surface area contributed by atoms with Crippen molar-refractivity contribution >= 4 is 22.3 Å². The molecule has 16 aliphatic rings. The van der Waals surface area contributed by atoms with E-state index in [1.165, 1.54) is 51.4 Å². The summed E-state index contributed by atoms with van der Waals surface area (Å²) in [6.45, 7) is 23.8. The van der Waals surface area contributed by atoms with E-state index in [0.29, 0.717) is 91.9 Å². The molecule has 10 fully saturated rings. The van der Waals surface area contributed by atoms with Crippen molar-refractivity contribution in [1.82, 2.24) is 0 Å². The molecule has 720 valence electrons. The lowest BCUT2D eigenvalue weighted by Gasteiger charge is -2.49. The van der Waals surface area contributed by atoms with Gasteiger partial charge in [0.05, 0.1) is 86.5 Å². The summed E-state index contributed by atoms with van der Waals surface area (Å²) in [5, 5.41) is 68.5. The maximum Gasteiger partial charge on any atom is 0.394 e. The molecule has 4 aliphatic carbocycles. The van der Waals surface area contributed by atoms with Gasteiger partial charge in [0.2, 0.25) is 0 Å². The lowest BCUT2D eigenvalue weighted by molar-refractivity contribution is -0.318. The predicted octanol–water partition coefficient (Wildman–Crippen LogP) is 11.4. The van der Waals surface area contributed by atoms with Gasteiger partial charge in [-0.05, 0) is 157 Å². The van der Waals surface area contributed by atoms with Crippen LogP contribution in [0.5, 0.6) is 0 Å². The molecule has 0 radical (unpaired) electrons. The Hall–Kier alpha value is -4.67. The monoisotopic (exact) mass is 1820 g/mol. The topological polar surface area (TPSA) is 396 Å². The fraction of sp³-hybridized carbons (Fsp3) is 0.773. The lowest BCUT2D eigenvalue weighted by atomic mass is 9.71. The van der Waals surface area contributed by atoms with Crippen molar-refractivity contribution in [2.75, 3.05) is 47.8 Å². The first-order chi connectivity index (χ1) is 60.9. The second-order valence-corrected chi connectivity index (χ2v) is 39.7. The summed E-state index contributed by atoms with van der Waals surface area (Å²) in [6.07, 6.45) is 31.9. The molecule has 2 saturated carbocycles. The van der Waals surface area contributed by atoms with Crippen molar-refractivity contribution in [2.45, 2.75) is 381 Å². The summed E-state index contributed by atoms with van der Waals surface area (Å²) in [7, 11) is 0.148. The lowest BCUT2D eigenvalue weighted by Crippen LogP contribution is -2.58. The van der Waals surface area contributed by atoms with Crippen molar-refractivity contribution < 1.29 is 143 Å². The number of allylic oxidation sites excluding steroid dienone is 4. The molecule has 12 heterocycles. The van der Waals surface area contributed by atoms with Crippen LogP contribution in [0, 0.1) is 47.3 Å². The minimum Gasteiger partial charge on any atom is -0.462 e. The largest absolute Gasteiger partial charge is 0.462 e. The minimum atomic E-state index is -4.67. The van der Waals surface area contributed by atoms with E-state index in [9.17, 15) is 40.2 Å². The number of carbonyl (C=O) groups is 2. The van der Waals surface area contributed by atoms with Gasteiger partial charge in [-0.25, -0.2) is 0 Å². The second-order valence-electron chi connectivity index (χ2n) is 38.8. The summed E-state index contributed by atoms with van der Waals surface area (Å²) >= 11 is 0. The highest BCUT2D eigenvalue weighted by Crippen LogP contribution is 2.52. The molecular formula is C97H146O30S. The van der Waals surface area contributed by atoms with Crippen molar-refractivity contribution in [2.24, 2.45) is 47.3 Å². The number of esters is 2. The van der Waals surface area contributed by atoms with E-state index in [2.05, 4.69) is 58.9 Å². The van der Waals surface area contributed by atoms with Gasteiger partial charge in [-0.15, -0.1) is 0 Å². The Morgan fingerprint density at radius 2 is 0.836 bits per heavy atom. The van der Waals surface area contributed by atoms with Crippen molar-refractivity contribution in [3.05, 3.63) is 119 Å². The molecule has 4 bridgehead atoms. The van der Waals surface area contributed by atoms with Crippen LogP contribution in [-0.4, -0.2) is 278 Å². The normalized spacial score (nSPS) is 46.6. The minimum absolute atomic E-state index is 0.00602. The molecule has 2 spiro atoms. The molecule has 128 heavy (non-hydrogen) atoms. The third-order valence-corrected chi connectivity index (χ3v) is 29.4. The van der Waals surface area contributed by atoms with Crippen molar-refractivity contribution in [3.63, 3.8) is 0 Å². The third kappa shape index (κ3) is 23.7. The quantitative estimate of drug-likeness (QED) is 0.0541. The van der Waals surface area contributed by atoms with Gasteiger partial charge < -0.3 is 116 Å². The van der Waals surface area contributed by atoms with E-state index in [1.54, 1.807) is 66.4 Å². The number of carbonyl (C=O) groups excluding carboxylic acids is 2. The second kappa shape index (κ2) is 44.0. The smallest absolute Gasteiger partial charge is 0.394 e. The summed E-state index contributed by atoms with van der Waals surface area (Å²) in [5.41, 5.74) is 0.383. The van der Waals surface area contributed by atoms with Gasteiger partial charge in [0, 0.05) is 103 Å². The van der Waals surface area contributed by atoms with Crippen molar-refractivity contribution in [1.29, 1.82) is 0 Å². The number of fused-ring (bicyclic) bond motifs is 4. The number of aliphatic hydroxyl groups is 6. The van der Waals surface area contributed by atoms with E-state index in [4.69, 9.17) is 103 Å².